The van der Waals surface area contributed by atoms with E-state index < -0.39 is 0 Å². The summed E-state index contributed by atoms with van der Waals surface area (Å²) >= 11 is 1.36. The van der Waals surface area contributed by atoms with E-state index in [1.807, 2.05) is 55.6 Å². The van der Waals surface area contributed by atoms with E-state index in [9.17, 15) is 9.59 Å². The zero-order valence-corrected chi connectivity index (χ0v) is 18.2. The van der Waals surface area contributed by atoms with Gasteiger partial charge in [-0.2, -0.15) is 0 Å². The Morgan fingerprint density at radius 3 is 2.57 bits per heavy atom. The monoisotopic (exact) mass is 420 g/mol. The number of esters is 1. The van der Waals surface area contributed by atoms with E-state index in [2.05, 4.69) is 4.98 Å². The van der Waals surface area contributed by atoms with Crippen molar-refractivity contribution in [1.29, 1.82) is 0 Å². The minimum atomic E-state index is -0.350. The molecule has 0 saturated heterocycles. The summed E-state index contributed by atoms with van der Waals surface area (Å²) in [5.74, 6) is -0.458. The van der Waals surface area contributed by atoms with Crippen LogP contribution in [0.3, 0.4) is 0 Å². The van der Waals surface area contributed by atoms with Crippen molar-refractivity contribution >= 4 is 34.0 Å². The number of carbonyl (C=O) groups excluding carboxylic acids is 2. The molecule has 1 amide bonds. The van der Waals surface area contributed by atoms with Gasteiger partial charge in [0.25, 0.3) is 0 Å². The first kappa shape index (κ1) is 20.3. The number of anilines is 2. The average molecular weight is 421 g/mol. The van der Waals surface area contributed by atoms with Crippen molar-refractivity contribution in [2.45, 2.75) is 46.6 Å². The normalized spacial score (nSPS) is 12.5. The van der Waals surface area contributed by atoms with Crippen LogP contribution in [0.2, 0.25) is 0 Å². The molecule has 0 spiro atoms. The van der Waals surface area contributed by atoms with Crippen molar-refractivity contribution in [2.75, 3.05) is 4.90 Å². The zero-order chi connectivity index (χ0) is 21.3. The van der Waals surface area contributed by atoms with Gasteiger partial charge in [0.1, 0.15) is 6.61 Å². The van der Waals surface area contributed by atoms with Crippen LogP contribution in [-0.2, 0) is 29.0 Å². The quantitative estimate of drug-likeness (QED) is 0.526. The number of amides is 1. The van der Waals surface area contributed by atoms with Crippen molar-refractivity contribution in [1.82, 2.24) is 4.98 Å². The van der Waals surface area contributed by atoms with Gasteiger partial charge in [0, 0.05) is 12.3 Å². The summed E-state index contributed by atoms with van der Waals surface area (Å²) in [6.45, 7) is 5.56. The molecule has 30 heavy (non-hydrogen) atoms. The van der Waals surface area contributed by atoms with Crippen LogP contribution in [0.5, 0.6) is 0 Å². The number of aryl methyl sites for hydroxylation is 4. The van der Waals surface area contributed by atoms with Gasteiger partial charge in [0.2, 0.25) is 5.91 Å². The van der Waals surface area contributed by atoms with Gasteiger partial charge in [-0.25, -0.2) is 9.78 Å². The van der Waals surface area contributed by atoms with E-state index in [4.69, 9.17) is 4.74 Å². The number of rotatable bonds is 5. The van der Waals surface area contributed by atoms with Gasteiger partial charge >= 0.3 is 5.97 Å². The van der Waals surface area contributed by atoms with Gasteiger partial charge in [-0.05, 0) is 67.5 Å². The maximum atomic E-state index is 12.5. The number of nitrogens with zero attached hydrogens (tertiary/aromatic N) is 2. The average Bonchev–Trinajstić information content (AvgIpc) is 3.37. The second-order valence-corrected chi connectivity index (χ2v) is 8.47. The summed E-state index contributed by atoms with van der Waals surface area (Å²) in [4.78, 5) is 31.1. The Bertz CT molecular complexity index is 1100. The molecule has 4 rings (SSSR count). The number of hydrogen-bond donors (Lipinski definition) is 0. The molecule has 2 aromatic carbocycles. The molecule has 0 saturated carbocycles. The maximum absolute atomic E-state index is 12.5. The largest absolute Gasteiger partial charge is 0.456 e. The Morgan fingerprint density at radius 2 is 1.83 bits per heavy atom. The van der Waals surface area contributed by atoms with Gasteiger partial charge in [0.15, 0.2) is 5.13 Å². The number of hydrogen-bond acceptors (Lipinski definition) is 5. The molecule has 0 N–H and O–H groups in total. The third-order valence-electron chi connectivity index (χ3n) is 5.39. The van der Waals surface area contributed by atoms with Crippen LogP contribution in [0.15, 0.2) is 41.8 Å². The Kier molecular flexibility index (Phi) is 5.68. The molecule has 0 bridgehead atoms. The van der Waals surface area contributed by atoms with Gasteiger partial charge in [-0.3, -0.25) is 9.69 Å². The van der Waals surface area contributed by atoms with E-state index in [0.29, 0.717) is 16.4 Å². The van der Waals surface area contributed by atoms with E-state index in [1.165, 1.54) is 29.4 Å². The summed E-state index contributed by atoms with van der Waals surface area (Å²) in [5.41, 5.74) is 6.63. The molecule has 1 aliphatic rings. The predicted octanol–water partition coefficient (Wildman–Crippen LogP) is 5.29. The minimum absolute atomic E-state index is 0.0743. The molecule has 0 aliphatic heterocycles. The third-order valence-corrected chi connectivity index (χ3v) is 6.27. The van der Waals surface area contributed by atoms with Crippen LogP contribution in [0, 0.1) is 13.8 Å². The highest BCUT2D eigenvalue weighted by molar-refractivity contribution is 7.14. The number of para-hydroxylation sites is 1. The standard InChI is InChI=1S/C24H24N2O3S/c1-15-6-4-7-16(2)22(15)26(17(3)27)24-25-21(14-30-24)13-29-23(28)20-11-10-18-8-5-9-19(18)12-20/h4,6-7,10-12,14H,5,8-9,13H2,1-3H3. The van der Waals surface area contributed by atoms with Crippen molar-refractivity contribution in [3.8, 4) is 0 Å². The molecule has 0 unspecified atom stereocenters. The predicted molar refractivity (Wildman–Crippen MR) is 118 cm³/mol. The summed E-state index contributed by atoms with van der Waals surface area (Å²) < 4.78 is 5.48. The fourth-order valence-electron chi connectivity index (χ4n) is 3.93. The fraction of sp³-hybridized carbons (Fsp3) is 0.292. The first-order valence-corrected chi connectivity index (χ1v) is 10.9. The summed E-state index contributed by atoms with van der Waals surface area (Å²) in [5, 5.41) is 2.40. The van der Waals surface area contributed by atoms with Crippen molar-refractivity contribution in [3.05, 3.63) is 75.3 Å². The minimum Gasteiger partial charge on any atom is -0.456 e. The zero-order valence-electron chi connectivity index (χ0n) is 17.4. The van der Waals surface area contributed by atoms with Gasteiger partial charge < -0.3 is 4.74 Å². The molecule has 0 fully saturated rings. The van der Waals surface area contributed by atoms with Crippen LogP contribution in [0.4, 0.5) is 10.8 Å². The molecular weight excluding hydrogens is 396 g/mol. The Hall–Kier alpha value is -2.99. The molecule has 0 atom stereocenters. The Balaban J connectivity index is 1.49. The third kappa shape index (κ3) is 4.00. The summed E-state index contributed by atoms with van der Waals surface area (Å²) in [6, 6.07) is 11.7. The summed E-state index contributed by atoms with van der Waals surface area (Å²) in [6.07, 6.45) is 3.24. The molecule has 0 radical (unpaired) electrons. The van der Waals surface area contributed by atoms with E-state index >= 15 is 0 Å². The number of fused-ring (bicyclic) bond motifs is 1. The van der Waals surface area contributed by atoms with E-state index in [0.717, 1.165) is 36.1 Å². The van der Waals surface area contributed by atoms with Crippen molar-refractivity contribution < 1.29 is 14.3 Å². The van der Waals surface area contributed by atoms with Gasteiger partial charge in [-0.15, -0.1) is 11.3 Å². The van der Waals surface area contributed by atoms with E-state index in [-0.39, 0.29) is 18.5 Å². The molecule has 1 aliphatic carbocycles. The highest BCUT2D eigenvalue weighted by Crippen LogP contribution is 2.34. The lowest BCUT2D eigenvalue weighted by Crippen LogP contribution is -2.24. The molecule has 6 heteroatoms. The molecule has 3 aromatic rings. The number of ether oxygens (including phenoxy) is 1. The van der Waals surface area contributed by atoms with Crippen LogP contribution in [0.1, 0.15) is 51.7 Å². The number of benzene rings is 2. The van der Waals surface area contributed by atoms with Crippen LogP contribution >= 0.6 is 11.3 Å². The number of carbonyl (C=O) groups is 2. The summed E-state index contributed by atoms with van der Waals surface area (Å²) in [7, 11) is 0. The molecular formula is C24H24N2O3S. The second-order valence-electron chi connectivity index (χ2n) is 7.63. The van der Waals surface area contributed by atoms with Gasteiger partial charge in [-0.1, -0.05) is 24.3 Å². The van der Waals surface area contributed by atoms with E-state index in [1.54, 1.807) is 4.90 Å². The number of thiazole rings is 1. The lowest BCUT2D eigenvalue weighted by molar-refractivity contribution is -0.115. The van der Waals surface area contributed by atoms with Crippen LogP contribution in [0.25, 0.3) is 0 Å². The smallest absolute Gasteiger partial charge is 0.338 e. The lowest BCUT2D eigenvalue weighted by atomic mass is 10.1. The molecule has 154 valence electrons. The van der Waals surface area contributed by atoms with Crippen LogP contribution < -0.4 is 4.90 Å². The first-order valence-electron chi connectivity index (χ1n) is 10.0. The van der Waals surface area contributed by atoms with Crippen molar-refractivity contribution in [3.63, 3.8) is 0 Å². The topological polar surface area (TPSA) is 59.5 Å². The fourth-order valence-corrected chi connectivity index (χ4v) is 4.79. The second kappa shape index (κ2) is 8.40. The number of aromatic nitrogens is 1. The SMILES string of the molecule is CC(=O)N(c1nc(COC(=O)c2ccc3c(c2)CCC3)cs1)c1c(C)cccc1C. The van der Waals surface area contributed by atoms with Crippen molar-refractivity contribution in [2.24, 2.45) is 0 Å². The van der Waals surface area contributed by atoms with Gasteiger partial charge in [0.05, 0.1) is 16.9 Å². The Morgan fingerprint density at radius 1 is 1.10 bits per heavy atom. The highest BCUT2D eigenvalue weighted by atomic mass is 32.1. The Labute approximate surface area is 180 Å². The maximum Gasteiger partial charge on any atom is 0.338 e. The lowest BCUT2D eigenvalue weighted by Gasteiger charge is -2.22. The molecule has 1 aromatic heterocycles. The first-order chi connectivity index (χ1) is 14.4. The highest BCUT2D eigenvalue weighted by Gasteiger charge is 2.22. The van der Waals surface area contributed by atoms with Crippen LogP contribution in [-0.4, -0.2) is 16.9 Å². The molecule has 1 heterocycles. The molecule has 5 nitrogen and oxygen atoms in total.